The molecule has 3 rings (SSSR count). The molecule has 138 valence electrons. The molecule has 0 aliphatic rings. The molecule has 8 heteroatoms. The lowest BCUT2D eigenvalue weighted by Crippen LogP contribution is -2.28. The van der Waals surface area contributed by atoms with E-state index in [1.54, 1.807) is 37.3 Å². The zero-order chi connectivity index (χ0) is 19.2. The molecule has 0 saturated heterocycles. The zero-order valence-corrected chi connectivity index (χ0v) is 14.6. The number of nitrogens with zero attached hydrogens (tertiary/aromatic N) is 3. The maximum Gasteiger partial charge on any atom is 0.361 e. The van der Waals surface area contributed by atoms with E-state index >= 15 is 0 Å². The number of para-hydroxylation sites is 1. The van der Waals surface area contributed by atoms with Gasteiger partial charge in [-0.05, 0) is 25.1 Å². The van der Waals surface area contributed by atoms with Crippen molar-refractivity contribution in [2.24, 2.45) is 0 Å². The van der Waals surface area contributed by atoms with E-state index in [0.29, 0.717) is 16.9 Å². The van der Waals surface area contributed by atoms with Crippen LogP contribution in [0.4, 0.5) is 4.39 Å². The summed E-state index contributed by atoms with van der Waals surface area (Å²) in [5.74, 6) is -1.71. The standard InChI is InChI=1S/C19H17FN4O3/c1-13-18(23-24(22-13)15-8-3-2-4-9-15)19(26)27-12-17(25)21-11-14-7-5-6-10-16(14)20/h2-10H,11-12H2,1H3,(H,21,25). The van der Waals surface area contributed by atoms with E-state index in [1.807, 2.05) is 18.2 Å². The monoisotopic (exact) mass is 368 g/mol. The van der Waals surface area contributed by atoms with Crippen LogP contribution < -0.4 is 5.32 Å². The molecule has 1 amide bonds. The van der Waals surface area contributed by atoms with Gasteiger partial charge >= 0.3 is 5.97 Å². The second-order valence-corrected chi connectivity index (χ2v) is 5.70. The molecule has 1 aromatic heterocycles. The van der Waals surface area contributed by atoms with E-state index in [-0.39, 0.29) is 12.2 Å². The number of benzene rings is 2. The van der Waals surface area contributed by atoms with Crippen molar-refractivity contribution < 1.29 is 18.7 Å². The first-order valence-electron chi connectivity index (χ1n) is 8.21. The molecule has 27 heavy (non-hydrogen) atoms. The Morgan fingerprint density at radius 3 is 2.52 bits per heavy atom. The summed E-state index contributed by atoms with van der Waals surface area (Å²) >= 11 is 0. The number of nitrogens with one attached hydrogen (secondary N) is 1. The highest BCUT2D eigenvalue weighted by molar-refractivity contribution is 5.90. The van der Waals surface area contributed by atoms with Gasteiger partial charge in [0.1, 0.15) is 5.82 Å². The van der Waals surface area contributed by atoms with Gasteiger partial charge in [0.25, 0.3) is 5.91 Å². The predicted molar refractivity (Wildman–Crippen MR) is 94.6 cm³/mol. The van der Waals surface area contributed by atoms with Gasteiger partial charge in [-0.1, -0.05) is 36.4 Å². The van der Waals surface area contributed by atoms with E-state index in [9.17, 15) is 14.0 Å². The number of ether oxygens (including phenoxy) is 1. The zero-order valence-electron chi connectivity index (χ0n) is 14.6. The number of hydrogen-bond donors (Lipinski definition) is 1. The van der Waals surface area contributed by atoms with E-state index in [2.05, 4.69) is 15.5 Å². The van der Waals surface area contributed by atoms with Crippen LogP contribution in [0.1, 0.15) is 21.7 Å². The van der Waals surface area contributed by atoms with Crippen molar-refractivity contribution in [3.05, 3.63) is 77.4 Å². The average molecular weight is 368 g/mol. The van der Waals surface area contributed by atoms with Crippen molar-refractivity contribution in [3.63, 3.8) is 0 Å². The van der Waals surface area contributed by atoms with Crippen LogP contribution in [0.3, 0.4) is 0 Å². The number of aromatic nitrogens is 3. The molecule has 0 bridgehead atoms. The molecule has 0 radical (unpaired) electrons. The summed E-state index contributed by atoms with van der Waals surface area (Å²) < 4.78 is 18.5. The predicted octanol–water partition coefficient (Wildman–Crippen LogP) is 2.19. The fraction of sp³-hybridized carbons (Fsp3) is 0.158. The van der Waals surface area contributed by atoms with E-state index in [0.717, 1.165) is 0 Å². The van der Waals surface area contributed by atoms with Crippen LogP contribution in [0.15, 0.2) is 54.6 Å². The van der Waals surface area contributed by atoms with Crippen LogP contribution in [-0.2, 0) is 16.1 Å². The van der Waals surface area contributed by atoms with Crippen molar-refractivity contribution in [1.82, 2.24) is 20.3 Å². The van der Waals surface area contributed by atoms with E-state index in [4.69, 9.17) is 4.74 Å². The minimum absolute atomic E-state index is 0.00622. The van der Waals surface area contributed by atoms with Gasteiger partial charge in [-0.15, -0.1) is 5.10 Å². The minimum Gasteiger partial charge on any atom is -0.451 e. The summed E-state index contributed by atoms with van der Waals surface area (Å²) in [6.45, 7) is 1.14. The van der Waals surface area contributed by atoms with Gasteiger partial charge < -0.3 is 10.1 Å². The SMILES string of the molecule is Cc1nn(-c2ccccc2)nc1C(=O)OCC(=O)NCc1ccccc1F. The number of amides is 1. The molecule has 0 aliphatic carbocycles. The molecule has 0 unspecified atom stereocenters. The maximum absolute atomic E-state index is 13.5. The summed E-state index contributed by atoms with van der Waals surface area (Å²) in [4.78, 5) is 25.3. The molecule has 1 N–H and O–H groups in total. The van der Waals surface area contributed by atoms with Crippen LogP contribution >= 0.6 is 0 Å². The molecular formula is C19H17FN4O3. The molecule has 3 aromatic rings. The van der Waals surface area contributed by atoms with Crippen LogP contribution in [0, 0.1) is 12.7 Å². The van der Waals surface area contributed by atoms with Gasteiger partial charge in [0.05, 0.1) is 11.4 Å². The second kappa shape index (κ2) is 8.22. The molecule has 0 spiro atoms. The highest BCUT2D eigenvalue weighted by Crippen LogP contribution is 2.09. The number of carbonyl (C=O) groups excluding carboxylic acids is 2. The second-order valence-electron chi connectivity index (χ2n) is 5.70. The van der Waals surface area contributed by atoms with E-state index < -0.39 is 24.3 Å². The van der Waals surface area contributed by atoms with Gasteiger partial charge in [0.15, 0.2) is 12.3 Å². The summed E-state index contributed by atoms with van der Waals surface area (Å²) in [7, 11) is 0. The highest BCUT2D eigenvalue weighted by Gasteiger charge is 2.19. The van der Waals surface area contributed by atoms with Crippen LogP contribution in [0.5, 0.6) is 0 Å². The van der Waals surface area contributed by atoms with Crippen molar-refractivity contribution in [2.45, 2.75) is 13.5 Å². The Morgan fingerprint density at radius 2 is 1.78 bits per heavy atom. The third-order valence-electron chi connectivity index (χ3n) is 3.73. The molecule has 2 aromatic carbocycles. The number of rotatable bonds is 6. The molecular weight excluding hydrogens is 351 g/mol. The molecule has 0 fully saturated rings. The van der Waals surface area contributed by atoms with Crippen molar-refractivity contribution in [1.29, 1.82) is 0 Å². The topological polar surface area (TPSA) is 86.1 Å². The number of carbonyl (C=O) groups is 2. The normalized spacial score (nSPS) is 10.4. The summed E-state index contributed by atoms with van der Waals surface area (Å²) in [5.41, 5.74) is 1.46. The van der Waals surface area contributed by atoms with Gasteiger partial charge in [0, 0.05) is 12.1 Å². The Morgan fingerprint density at radius 1 is 1.07 bits per heavy atom. The van der Waals surface area contributed by atoms with Crippen molar-refractivity contribution in [2.75, 3.05) is 6.61 Å². The largest absolute Gasteiger partial charge is 0.451 e. The first-order chi connectivity index (χ1) is 13.0. The lowest BCUT2D eigenvalue weighted by Gasteiger charge is -2.06. The number of halogens is 1. The van der Waals surface area contributed by atoms with Gasteiger partial charge in [-0.3, -0.25) is 4.79 Å². The number of hydrogen-bond acceptors (Lipinski definition) is 5. The highest BCUT2D eigenvalue weighted by atomic mass is 19.1. The van der Waals surface area contributed by atoms with Crippen LogP contribution in [0.2, 0.25) is 0 Å². The smallest absolute Gasteiger partial charge is 0.361 e. The van der Waals surface area contributed by atoms with Gasteiger partial charge in [-0.2, -0.15) is 9.90 Å². The first-order valence-corrected chi connectivity index (χ1v) is 8.21. The van der Waals surface area contributed by atoms with Crippen molar-refractivity contribution in [3.8, 4) is 5.69 Å². The average Bonchev–Trinajstić information content (AvgIpc) is 3.08. The third kappa shape index (κ3) is 4.55. The number of aryl methyl sites for hydroxylation is 1. The first kappa shape index (κ1) is 18.2. The van der Waals surface area contributed by atoms with E-state index in [1.165, 1.54) is 10.9 Å². The Kier molecular flexibility index (Phi) is 5.55. The fourth-order valence-electron chi connectivity index (χ4n) is 2.33. The molecule has 0 aliphatic heterocycles. The molecule has 0 saturated carbocycles. The molecule has 7 nitrogen and oxygen atoms in total. The lowest BCUT2D eigenvalue weighted by atomic mass is 10.2. The summed E-state index contributed by atoms with van der Waals surface area (Å²) in [6, 6.07) is 15.2. The van der Waals surface area contributed by atoms with Crippen LogP contribution in [0.25, 0.3) is 5.69 Å². The summed E-state index contributed by atoms with van der Waals surface area (Å²) in [6.07, 6.45) is 0. The van der Waals surface area contributed by atoms with Gasteiger partial charge in [-0.25, -0.2) is 9.18 Å². The Labute approximate surface area is 154 Å². The quantitative estimate of drug-likeness (QED) is 0.674. The van der Waals surface area contributed by atoms with Crippen molar-refractivity contribution >= 4 is 11.9 Å². The summed E-state index contributed by atoms with van der Waals surface area (Å²) in [5, 5.41) is 10.8. The number of esters is 1. The Balaban J connectivity index is 1.55. The Bertz CT molecular complexity index is 957. The third-order valence-corrected chi connectivity index (χ3v) is 3.73. The maximum atomic E-state index is 13.5. The minimum atomic E-state index is -0.754. The van der Waals surface area contributed by atoms with Gasteiger partial charge in [0.2, 0.25) is 0 Å². The van der Waals surface area contributed by atoms with Crippen LogP contribution in [-0.4, -0.2) is 33.5 Å². The fourth-order valence-corrected chi connectivity index (χ4v) is 2.33. The Hall–Kier alpha value is -3.55. The molecule has 0 atom stereocenters. The lowest BCUT2D eigenvalue weighted by molar-refractivity contribution is -0.124. The molecule has 1 heterocycles.